The van der Waals surface area contributed by atoms with Crippen LogP contribution in [0.2, 0.25) is 0 Å². The van der Waals surface area contributed by atoms with E-state index >= 15 is 0 Å². The summed E-state index contributed by atoms with van der Waals surface area (Å²) in [7, 11) is 0. The van der Waals surface area contributed by atoms with Crippen molar-refractivity contribution in [1.29, 1.82) is 0 Å². The van der Waals surface area contributed by atoms with Crippen molar-refractivity contribution in [3.63, 3.8) is 0 Å². The van der Waals surface area contributed by atoms with Crippen molar-refractivity contribution in [2.75, 3.05) is 39.4 Å². The minimum atomic E-state index is 0.335. The second-order valence-corrected chi connectivity index (χ2v) is 7.03. The van der Waals surface area contributed by atoms with E-state index in [4.69, 9.17) is 4.74 Å². The zero-order valence-electron chi connectivity index (χ0n) is 13.0. The van der Waals surface area contributed by atoms with E-state index in [9.17, 15) is 0 Å². The number of hydrogen-bond donors (Lipinski definition) is 2. The number of nitrogens with zero attached hydrogens (tertiary/aromatic N) is 1. The molecule has 0 radical (unpaired) electrons. The van der Waals surface area contributed by atoms with Crippen LogP contribution in [0.1, 0.15) is 45.4 Å². The number of rotatable bonds is 6. The fourth-order valence-electron chi connectivity index (χ4n) is 4.14. The van der Waals surface area contributed by atoms with Crippen LogP contribution >= 0.6 is 0 Å². The molecule has 0 spiro atoms. The Morgan fingerprint density at radius 3 is 2.95 bits per heavy atom. The third-order valence-electron chi connectivity index (χ3n) is 5.52. The molecule has 3 aliphatic heterocycles. The average molecular weight is 281 g/mol. The number of hydrogen-bond acceptors (Lipinski definition) is 4. The lowest BCUT2D eigenvalue weighted by molar-refractivity contribution is 0.0470. The summed E-state index contributed by atoms with van der Waals surface area (Å²) in [5.74, 6) is 0. The molecule has 20 heavy (non-hydrogen) atoms. The van der Waals surface area contributed by atoms with Gasteiger partial charge in [0.25, 0.3) is 0 Å². The molecule has 2 bridgehead atoms. The quantitative estimate of drug-likeness (QED) is 0.721. The molecule has 0 aromatic rings. The molecule has 3 atom stereocenters. The highest BCUT2D eigenvalue weighted by atomic mass is 16.5. The van der Waals surface area contributed by atoms with E-state index in [-0.39, 0.29) is 0 Å². The van der Waals surface area contributed by atoms with Crippen LogP contribution in [0.5, 0.6) is 0 Å². The lowest BCUT2D eigenvalue weighted by atomic mass is 9.91. The Balaban J connectivity index is 1.33. The molecule has 3 fully saturated rings. The number of fused-ring (bicyclic) bond motifs is 2. The number of piperidine rings is 1. The Morgan fingerprint density at radius 2 is 2.10 bits per heavy atom. The summed E-state index contributed by atoms with van der Waals surface area (Å²) in [6.07, 6.45) is 7.93. The highest BCUT2D eigenvalue weighted by Crippen LogP contribution is 2.35. The van der Waals surface area contributed by atoms with E-state index in [0.717, 1.165) is 32.3 Å². The summed E-state index contributed by atoms with van der Waals surface area (Å²) in [6.45, 7) is 8.84. The highest BCUT2D eigenvalue weighted by molar-refractivity contribution is 5.01. The molecule has 3 rings (SSSR count). The molecule has 0 saturated carbocycles. The van der Waals surface area contributed by atoms with Gasteiger partial charge in [-0.25, -0.2) is 0 Å². The average Bonchev–Trinajstić information content (AvgIpc) is 2.79. The van der Waals surface area contributed by atoms with Crippen LogP contribution in [-0.2, 0) is 4.74 Å². The maximum absolute atomic E-state index is 6.05. The minimum absolute atomic E-state index is 0.335. The van der Waals surface area contributed by atoms with Crippen molar-refractivity contribution >= 4 is 0 Å². The molecule has 3 heterocycles. The maximum Gasteiger partial charge on any atom is 0.0648 e. The van der Waals surface area contributed by atoms with Crippen molar-refractivity contribution in [3.05, 3.63) is 0 Å². The SMILES string of the molecule is CC(CCOCC12CCCC(CC1)N2)N1CCNCC1. The Labute approximate surface area is 123 Å². The second kappa shape index (κ2) is 6.73. The zero-order valence-corrected chi connectivity index (χ0v) is 13.0. The third kappa shape index (κ3) is 3.53. The lowest BCUT2D eigenvalue weighted by Crippen LogP contribution is -2.50. The third-order valence-corrected chi connectivity index (χ3v) is 5.52. The largest absolute Gasteiger partial charge is 0.379 e. The molecule has 3 saturated heterocycles. The van der Waals surface area contributed by atoms with E-state index in [1.54, 1.807) is 0 Å². The Kier molecular flexibility index (Phi) is 4.97. The van der Waals surface area contributed by atoms with E-state index < -0.39 is 0 Å². The summed E-state index contributed by atoms with van der Waals surface area (Å²) < 4.78 is 6.05. The molecular formula is C16H31N3O. The molecule has 3 aliphatic rings. The zero-order chi connectivity index (χ0) is 13.8. The van der Waals surface area contributed by atoms with Gasteiger partial charge in [-0.1, -0.05) is 0 Å². The normalized spacial score (nSPS) is 36.1. The molecule has 116 valence electrons. The molecule has 2 N–H and O–H groups in total. The molecule has 0 aliphatic carbocycles. The number of piperazine rings is 1. The van der Waals surface area contributed by atoms with Crippen molar-refractivity contribution in [1.82, 2.24) is 15.5 Å². The standard InChI is InChI=1S/C16H31N3O/c1-14(19-10-8-17-9-11-19)5-12-20-13-16-6-2-3-15(18-16)4-7-16/h14-15,17-18H,2-13H2,1H3. The van der Waals surface area contributed by atoms with Gasteiger partial charge in [-0.2, -0.15) is 0 Å². The molecule has 3 unspecified atom stereocenters. The lowest BCUT2D eigenvalue weighted by Gasteiger charge is -2.35. The van der Waals surface area contributed by atoms with Gasteiger partial charge in [0.1, 0.15) is 0 Å². The van der Waals surface area contributed by atoms with Crippen LogP contribution < -0.4 is 10.6 Å². The van der Waals surface area contributed by atoms with Crippen LogP contribution in [0, 0.1) is 0 Å². The van der Waals surface area contributed by atoms with E-state index in [0.29, 0.717) is 11.6 Å². The van der Waals surface area contributed by atoms with Gasteiger partial charge < -0.3 is 15.4 Å². The first kappa shape index (κ1) is 14.8. The van der Waals surface area contributed by atoms with Crippen molar-refractivity contribution in [2.24, 2.45) is 0 Å². The predicted octanol–water partition coefficient (Wildman–Crippen LogP) is 1.36. The smallest absolute Gasteiger partial charge is 0.0648 e. The minimum Gasteiger partial charge on any atom is -0.379 e. The first-order chi connectivity index (χ1) is 9.77. The van der Waals surface area contributed by atoms with Gasteiger partial charge in [-0.3, -0.25) is 4.90 Å². The van der Waals surface area contributed by atoms with Crippen molar-refractivity contribution in [3.8, 4) is 0 Å². The van der Waals surface area contributed by atoms with Crippen LogP contribution in [0.25, 0.3) is 0 Å². The molecule has 0 aromatic heterocycles. The Hall–Kier alpha value is -0.160. The van der Waals surface area contributed by atoms with E-state index in [1.165, 1.54) is 51.6 Å². The Morgan fingerprint density at radius 1 is 1.25 bits per heavy atom. The van der Waals surface area contributed by atoms with Gasteiger partial charge in [0.05, 0.1) is 6.61 Å². The molecule has 4 nitrogen and oxygen atoms in total. The number of ether oxygens (including phenoxy) is 1. The van der Waals surface area contributed by atoms with Gasteiger partial charge in [0.15, 0.2) is 0 Å². The Bertz CT molecular complexity index is 302. The van der Waals surface area contributed by atoms with Crippen molar-refractivity contribution < 1.29 is 4.74 Å². The number of nitrogens with one attached hydrogen (secondary N) is 2. The summed E-state index contributed by atoms with van der Waals surface area (Å²) in [6, 6.07) is 1.44. The van der Waals surface area contributed by atoms with Gasteiger partial charge in [-0.15, -0.1) is 0 Å². The highest BCUT2D eigenvalue weighted by Gasteiger charge is 2.41. The van der Waals surface area contributed by atoms with Gasteiger partial charge in [0.2, 0.25) is 0 Å². The van der Waals surface area contributed by atoms with E-state index in [1.807, 2.05) is 0 Å². The van der Waals surface area contributed by atoms with Crippen molar-refractivity contribution in [2.45, 2.75) is 63.1 Å². The first-order valence-corrected chi connectivity index (χ1v) is 8.58. The van der Waals surface area contributed by atoms with Crippen LogP contribution in [0.3, 0.4) is 0 Å². The fourth-order valence-corrected chi connectivity index (χ4v) is 4.14. The van der Waals surface area contributed by atoms with Crippen LogP contribution in [0.15, 0.2) is 0 Å². The van der Waals surface area contributed by atoms with Crippen LogP contribution in [-0.4, -0.2) is 61.9 Å². The molecular weight excluding hydrogens is 250 g/mol. The second-order valence-electron chi connectivity index (χ2n) is 7.03. The van der Waals surface area contributed by atoms with Gasteiger partial charge in [0, 0.05) is 50.4 Å². The summed E-state index contributed by atoms with van der Waals surface area (Å²) in [5.41, 5.74) is 0.335. The van der Waals surface area contributed by atoms with Gasteiger partial charge >= 0.3 is 0 Å². The first-order valence-electron chi connectivity index (χ1n) is 8.58. The molecule has 4 heteroatoms. The fraction of sp³-hybridized carbons (Fsp3) is 1.00. The molecule has 0 amide bonds. The summed E-state index contributed by atoms with van der Waals surface area (Å²) >= 11 is 0. The van der Waals surface area contributed by atoms with E-state index in [2.05, 4.69) is 22.5 Å². The van der Waals surface area contributed by atoms with Gasteiger partial charge in [-0.05, 0) is 45.4 Å². The van der Waals surface area contributed by atoms with Crippen LogP contribution in [0.4, 0.5) is 0 Å². The summed E-state index contributed by atoms with van der Waals surface area (Å²) in [4.78, 5) is 2.59. The molecule has 0 aromatic carbocycles. The predicted molar refractivity (Wildman–Crippen MR) is 82.1 cm³/mol. The monoisotopic (exact) mass is 281 g/mol. The summed E-state index contributed by atoms with van der Waals surface area (Å²) in [5, 5.41) is 7.23. The maximum atomic E-state index is 6.05. The topological polar surface area (TPSA) is 36.5 Å².